The molecule has 0 aromatic carbocycles. The molecule has 1 fully saturated rings. The third-order valence-corrected chi connectivity index (χ3v) is 2.62. The normalized spacial score (nSPS) is 19.1. The molecule has 0 atom stereocenters. The van der Waals surface area contributed by atoms with Crippen LogP contribution >= 0.6 is 12.6 Å². The highest BCUT2D eigenvalue weighted by atomic mass is 32.1. The molecule has 0 unspecified atom stereocenters. The molecule has 0 N–H and O–H groups in total. The van der Waals surface area contributed by atoms with Crippen molar-refractivity contribution in [2.45, 2.75) is 26.4 Å². The predicted molar refractivity (Wildman–Crippen MR) is 63.2 cm³/mol. The second kappa shape index (κ2) is 5.07. The van der Waals surface area contributed by atoms with Gasteiger partial charge in [0, 0.05) is 32.1 Å². The van der Waals surface area contributed by atoms with E-state index in [0.717, 1.165) is 32.1 Å². The quantitative estimate of drug-likeness (QED) is 0.694. The molecule has 0 aliphatic carbocycles. The van der Waals surface area contributed by atoms with Gasteiger partial charge in [-0.15, -0.1) is 0 Å². The predicted octanol–water partition coefficient (Wildman–Crippen LogP) is 1.43. The second-order valence-corrected chi connectivity index (χ2v) is 5.01. The van der Waals surface area contributed by atoms with Crippen molar-refractivity contribution in [3.05, 3.63) is 0 Å². The third-order valence-electron chi connectivity index (χ3n) is 2.22. The first-order valence-corrected chi connectivity index (χ1v) is 5.87. The van der Waals surface area contributed by atoms with E-state index < -0.39 is 5.60 Å². The number of carbonyl (C=O) groups is 1. The minimum atomic E-state index is -0.405. The Balaban J connectivity index is 2.37. The molecule has 15 heavy (non-hydrogen) atoms. The Morgan fingerprint density at radius 2 is 1.80 bits per heavy atom. The highest BCUT2D eigenvalue weighted by Gasteiger charge is 2.25. The van der Waals surface area contributed by atoms with Crippen molar-refractivity contribution in [1.29, 1.82) is 0 Å². The fourth-order valence-electron chi connectivity index (χ4n) is 1.40. The molecular weight excluding hydrogens is 212 g/mol. The summed E-state index contributed by atoms with van der Waals surface area (Å²) in [5.74, 6) is 0.752. The van der Waals surface area contributed by atoms with E-state index in [2.05, 4.69) is 17.5 Å². The SMILES string of the molecule is CC(C)(C)OC(=O)N1CCN(CS)CC1. The van der Waals surface area contributed by atoms with E-state index in [1.54, 1.807) is 4.90 Å². The zero-order valence-corrected chi connectivity index (χ0v) is 10.6. The van der Waals surface area contributed by atoms with Crippen LogP contribution in [0.5, 0.6) is 0 Å². The average Bonchev–Trinajstić information content (AvgIpc) is 2.15. The van der Waals surface area contributed by atoms with Gasteiger partial charge < -0.3 is 9.64 Å². The maximum Gasteiger partial charge on any atom is 0.410 e. The van der Waals surface area contributed by atoms with Crippen molar-refractivity contribution in [3.8, 4) is 0 Å². The van der Waals surface area contributed by atoms with E-state index in [0.29, 0.717) is 0 Å². The molecular formula is C10H20N2O2S. The van der Waals surface area contributed by atoms with E-state index in [1.807, 2.05) is 20.8 Å². The number of rotatable bonds is 1. The highest BCUT2D eigenvalue weighted by Crippen LogP contribution is 2.11. The maximum atomic E-state index is 11.7. The van der Waals surface area contributed by atoms with Gasteiger partial charge in [-0.3, -0.25) is 4.90 Å². The maximum absolute atomic E-state index is 11.7. The topological polar surface area (TPSA) is 32.8 Å². The lowest BCUT2D eigenvalue weighted by Gasteiger charge is -2.34. The van der Waals surface area contributed by atoms with Gasteiger partial charge >= 0.3 is 6.09 Å². The Bertz CT molecular complexity index is 220. The third kappa shape index (κ3) is 4.30. The minimum Gasteiger partial charge on any atom is -0.444 e. The zero-order chi connectivity index (χ0) is 11.5. The first kappa shape index (κ1) is 12.6. The van der Waals surface area contributed by atoms with E-state index in [4.69, 9.17) is 4.74 Å². The summed E-state index contributed by atoms with van der Waals surface area (Å²) in [5.41, 5.74) is -0.405. The van der Waals surface area contributed by atoms with Crippen LogP contribution in [0.3, 0.4) is 0 Å². The average molecular weight is 232 g/mol. The monoisotopic (exact) mass is 232 g/mol. The van der Waals surface area contributed by atoms with Crippen molar-refractivity contribution in [3.63, 3.8) is 0 Å². The smallest absolute Gasteiger partial charge is 0.410 e. The Morgan fingerprint density at radius 1 is 1.27 bits per heavy atom. The van der Waals surface area contributed by atoms with E-state index in [1.165, 1.54) is 0 Å². The molecule has 1 aliphatic heterocycles. The van der Waals surface area contributed by atoms with Crippen LogP contribution in [0.2, 0.25) is 0 Å². The van der Waals surface area contributed by atoms with Gasteiger partial charge in [0.05, 0.1) is 0 Å². The first-order valence-electron chi connectivity index (χ1n) is 5.23. The molecule has 0 spiro atoms. The summed E-state index contributed by atoms with van der Waals surface area (Å²) in [7, 11) is 0. The number of carbonyl (C=O) groups excluding carboxylic acids is 1. The Labute approximate surface area is 97.0 Å². The van der Waals surface area contributed by atoms with Gasteiger partial charge in [0.25, 0.3) is 0 Å². The van der Waals surface area contributed by atoms with E-state index >= 15 is 0 Å². The molecule has 5 heteroatoms. The minimum absolute atomic E-state index is 0.207. The lowest BCUT2D eigenvalue weighted by molar-refractivity contribution is 0.0160. The number of nitrogens with zero attached hydrogens (tertiary/aromatic N) is 2. The summed E-state index contributed by atoms with van der Waals surface area (Å²) in [6.07, 6.45) is -0.207. The fourth-order valence-corrected chi connectivity index (χ4v) is 1.68. The lowest BCUT2D eigenvalue weighted by atomic mass is 10.2. The number of ether oxygens (including phenoxy) is 1. The molecule has 0 radical (unpaired) electrons. The van der Waals surface area contributed by atoms with Crippen LogP contribution in [0.1, 0.15) is 20.8 Å². The number of thiol groups is 1. The lowest BCUT2D eigenvalue weighted by Crippen LogP contribution is -2.49. The van der Waals surface area contributed by atoms with Crippen LogP contribution in [0.4, 0.5) is 4.79 Å². The molecule has 4 nitrogen and oxygen atoms in total. The number of hydrogen-bond donors (Lipinski definition) is 1. The Hall–Kier alpha value is -0.420. The van der Waals surface area contributed by atoms with Crippen molar-refractivity contribution in [1.82, 2.24) is 9.80 Å². The van der Waals surface area contributed by atoms with Gasteiger partial charge in [-0.05, 0) is 20.8 Å². The molecule has 1 rings (SSSR count). The molecule has 88 valence electrons. The Kier molecular flexibility index (Phi) is 4.28. The molecule has 0 saturated carbocycles. The van der Waals surface area contributed by atoms with E-state index in [-0.39, 0.29) is 6.09 Å². The summed E-state index contributed by atoms with van der Waals surface area (Å²) < 4.78 is 5.30. The number of amides is 1. The van der Waals surface area contributed by atoms with Crippen molar-refractivity contribution >= 4 is 18.7 Å². The number of piperazine rings is 1. The van der Waals surface area contributed by atoms with Crippen LogP contribution in [-0.4, -0.2) is 53.5 Å². The standard InChI is InChI=1S/C10H20N2O2S/c1-10(2,3)14-9(13)12-6-4-11(8-15)5-7-12/h15H,4-8H2,1-3H3. The van der Waals surface area contributed by atoms with Crippen LogP contribution in [-0.2, 0) is 4.74 Å². The van der Waals surface area contributed by atoms with Crippen molar-refractivity contribution in [2.75, 3.05) is 32.1 Å². The van der Waals surface area contributed by atoms with Crippen LogP contribution in [0.25, 0.3) is 0 Å². The number of hydrogen-bond acceptors (Lipinski definition) is 4. The molecule has 1 amide bonds. The molecule has 1 saturated heterocycles. The summed E-state index contributed by atoms with van der Waals surface area (Å²) in [5, 5.41) is 0. The van der Waals surface area contributed by atoms with Gasteiger partial charge in [0.2, 0.25) is 0 Å². The molecule has 1 heterocycles. The molecule has 0 aromatic heterocycles. The summed E-state index contributed by atoms with van der Waals surface area (Å²) in [6.45, 7) is 8.87. The van der Waals surface area contributed by atoms with Crippen molar-refractivity contribution in [2.24, 2.45) is 0 Å². The van der Waals surface area contributed by atoms with Gasteiger partial charge in [0.15, 0.2) is 0 Å². The highest BCUT2D eigenvalue weighted by molar-refractivity contribution is 7.80. The van der Waals surface area contributed by atoms with Gasteiger partial charge in [-0.1, -0.05) is 0 Å². The zero-order valence-electron chi connectivity index (χ0n) is 9.69. The van der Waals surface area contributed by atoms with Crippen LogP contribution < -0.4 is 0 Å². The summed E-state index contributed by atoms with van der Waals surface area (Å²) >= 11 is 4.20. The Morgan fingerprint density at radius 3 is 2.20 bits per heavy atom. The second-order valence-electron chi connectivity index (χ2n) is 4.73. The van der Waals surface area contributed by atoms with Crippen molar-refractivity contribution < 1.29 is 9.53 Å². The van der Waals surface area contributed by atoms with Crippen LogP contribution in [0.15, 0.2) is 0 Å². The molecule has 1 aliphatic rings. The van der Waals surface area contributed by atoms with E-state index in [9.17, 15) is 4.79 Å². The first-order chi connectivity index (χ1) is 6.92. The summed E-state index contributed by atoms with van der Waals surface area (Å²) in [4.78, 5) is 15.6. The molecule has 0 aromatic rings. The van der Waals surface area contributed by atoms with Gasteiger partial charge in [0.1, 0.15) is 5.60 Å². The fraction of sp³-hybridized carbons (Fsp3) is 0.900. The molecule has 0 bridgehead atoms. The van der Waals surface area contributed by atoms with Gasteiger partial charge in [-0.2, -0.15) is 12.6 Å². The van der Waals surface area contributed by atoms with Gasteiger partial charge in [-0.25, -0.2) is 4.79 Å². The van der Waals surface area contributed by atoms with Crippen LogP contribution in [0, 0.1) is 0 Å². The largest absolute Gasteiger partial charge is 0.444 e. The summed E-state index contributed by atoms with van der Waals surface area (Å²) in [6, 6.07) is 0.